The monoisotopic (exact) mass is 339 g/mol. The van der Waals surface area contributed by atoms with Crippen LogP contribution in [0.15, 0.2) is 22.2 Å². The number of aromatic nitrogens is 4. The predicted octanol–water partition coefficient (Wildman–Crippen LogP) is 2.82. The van der Waals surface area contributed by atoms with Gasteiger partial charge in [-0.2, -0.15) is 0 Å². The molecule has 0 aliphatic carbocycles. The minimum absolute atomic E-state index is 0.295. The molecule has 0 aromatic carbocycles. The minimum Gasteiger partial charge on any atom is -0.287 e. The molecule has 0 amide bonds. The fourth-order valence-electron chi connectivity index (χ4n) is 2.43. The molecule has 1 unspecified atom stereocenters. The quantitative estimate of drug-likeness (QED) is 0.860. The highest BCUT2D eigenvalue weighted by Gasteiger charge is 2.26. The summed E-state index contributed by atoms with van der Waals surface area (Å²) >= 11 is 4.78. The molecule has 2 aromatic heterocycles. The summed E-state index contributed by atoms with van der Waals surface area (Å²) < 4.78 is 4.84. The SMILES string of the molecule is Brc1cnc(C2CCCCN2Cc2csnn2)nc1. The van der Waals surface area contributed by atoms with Crippen LogP contribution < -0.4 is 0 Å². The van der Waals surface area contributed by atoms with E-state index in [1.165, 1.54) is 24.4 Å². The van der Waals surface area contributed by atoms with Crippen molar-refractivity contribution in [2.24, 2.45) is 0 Å². The summed E-state index contributed by atoms with van der Waals surface area (Å²) in [4.78, 5) is 11.3. The zero-order valence-corrected chi connectivity index (χ0v) is 12.8. The molecule has 0 radical (unpaired) electrons. The van der Waals surface area contributed by atoms with Crippen LogP contribution in [0.5, 0.6) is 0 Å². The second-order valence-electron chi connectivity index (χ2n) is 4.64. The summed E-state index contributed by atoms with van der Waals surface area (Å²) in [5.41, 5.74) is 1.04. The Morgan fingerprint density at radius 3 is 2.89 bits per heavy atom. The van der Waals surface area contributed by atoms with Gasteiger partial charge in [-0.15, -0.1) is 5.10 Å². The van der Waals surface area contributed by atoms with Crippen molar-refractivity contribution in [3.8, 4) is 0 Å². The maximum absolute atomic E-state index is 4.45. The van der Waals surface area contributed by atoms with Gasteiger partial charge in [0, 0.05) is 24.3 Å². The van der Waals surface area contributed by atoms with Crippen LogP contribution in [0.3, 0.4) is 0 Å². The first-order valence-corrected chi connectivity index (χ1v) is 7.93. The largest absolute Gasteiger partial charge is 0.287 e. The molecule has 0 saturated carbocycles. The predicted molar refractivity (Wildman–Crippen MR) is 76.6 cm³/mol. The molecule has 3 rings (SSSR count). The van der Waals surface area contributed by atoms with Gasteiger partial charge in [-0.05, 0) is 46.8 Å². The van der Waals surface area contributed by atoms with Gasteiger partial charge >= 0.3 is 0 Å². The number of piperidine rings is 1. The zero-order valence-electron chi connectivity index (χ0n) is 10.4. The number of hydrogen-bond donors (Lipinski definition) is 0. The van der Waals surface area contributed by atoms with Crippen molar-refractivity contribution in [3.63, 3.8) is 0 Å². The molecule has 19 heavy (non-hydrogen) atoms. The molecule has 0 spiro atoms. The molecule has 5 nitrogen and oxygen atoms in total. The summed E-state index contributed by atoms with van der Waals surface area (Å²) in [6, 6.07) is 0.295. The van der Waals surface area contributed by atoms with Crippen molar-refractivity contribution in [1.82, 2.24) is 24.5 Å². The molecular weight excluding hydrogens is 326 g/mol. The minimum atomic E-state index is 0.295. The van der Waals surface area contributed by atoms with Gasteiger partial charge in [0.05, 0.1) is 16.2 Å². The Morgan fingerprint density at radius 2 is 2.16 bits per heavy atom. The molecule has 1 saturated heterocycles. The Labute approximate surface area is 124 Å². The third-order valence-corrected chi connectivity index (χ3v) is 4.29. The third-order valence-electron chi connectivity index (χ3n) is 3.32. The second-order valence-corrected chi connectivity index (χ2v) is 6.16. The molecule has 3 heterocycles. The van der Waals surface area contributed by atoms with Gasteiger partial charge in [0.25, 0.3) is 0 Å². The lowest BCUT2D eigenvalue weighted by atomic mass is 10.0. The van der Waals surface area contributed by atoms with Crippen LogP contribution in [-0.4, -0.2) is 31.0 Å². The molecule has 2 aromatic rings. The fourth-order valence-corrected chi connectivity index (χ4v) is 3.08. The lowest BCUT2D eigenvalue weighted by Crippen LogP contribution is -2.34. The first kappa shape index (κ1) is 13.1. The molecule has 0 N–H and O–H groups in total. The maximum Gasteiger partial charge on any atom is 0.145 e. The van der Waals surface area contributed by atoms with E-state index < -0.39 is 0 Å². The topological polar surface area (TPSA) is 54.8 Å². The van der Waals surface area contributed by atoms with Crippen molar-refractivity contribution in [2.75, 3.05) is 6.54 Å². The number of hydrogen-bond acceptors (Lipinski definition) is 6. The average Bonchev–Trinajstić information content (AvgIpc) is 2.93. The van der Waals surface area contributed by atoms with E-state index in [9.17, 15) is 0 Å². The van der Waals surface area contributed by atoms with E-state index in [1.54, 1.807) is 0 Å². The first-order chi connectivity index (χ1) is 9.33. The van der Waals surface area contributed by atoms with E-state index in [2.05, 4.69) is 40.4 Å². The van der Waals surface area contributed by atoms with Crippen LogP contribution >= 0.6 is 27.5 Å². The maximum atomic E-state index is 4.45. The summed E-state index contributed by atoms with van der Waals surface area (Å²) in [5, 5.41) is 6.14. The molecule has 100 valence electrons. The van der Waals surface area contributed by atoms with E-state index in [-0.39, 0.29) is 0 Å². The van der Waals surface area contributed by atoms with Crippen LogP contribution in [0.1, 0.15) is 36.8 Å². The summed E-state index contributed by atoms with van der Waals surface area (Å²) in [5.74, 6) is 0.908. The Morgan fingerprint density at radius 1 is 1.32 bits per heavy atom. The lowest BCUT2D eigenvalue weighted by molar-refractivity contribution is 0.132. The molecule has 1 aliphatic heterocycles. The smallest absolute Gasteiger partial charge is 0.145 e. The van der Waals surface area contributed by atoms with Crippen LogP contribution in [0, 0.1) is 0 Å². The Kier molecular flexibility index (Phi) is 4.15. The van der Waals surface area contributed by atoms with Gasteiger partial charge in [0.15, 0.2) is 0 Å². The molecule has 1 fully saturated rings. The highest BCUT2D eigenvalue weighted by atomic mass is 79.9. The number of likely N-dealkylation sites (tertiary alicyclic amines) is 1. The number of nitrogens with zero attached hydrogens (tertiary/aromatic N) is 5. The van der Waals surface area contributed by atoms with E-state index in [1.807, 2.05) is 17.8 Å². The van der Waals surface area contributed by atoms with E-state index in [4.69, 9.17) is 0 Å². The van der Waals surface area contributed by atoms with E-state index in [0.29, 0.717) is 6.04 Å². The van der Waals surface area contributed by atoms with Crippen molar-refractivity contribution < 1.29 is 0 Å². The highest BCUT2D eigenvalue weighted by molar-refractivity contribution is 9.10. The second kappa shape index (κ2) is 6.02. The molecular formula is C12H14BrN5S. The lowest BCUT2D eigenvalue weighted by Gasteiger charge is -2.33. The van der Waals surface area contributed by atoms with Crippen LogP contribution in [-0.2, 0) is 6.54 Å². The van der Waals surface area contributed by atoms with Gasteiger partial charge in [-0.1, -0.05) is 10.9 Å². The van der Waals surface area contributed by atoms with Crippen LogP contribution in [0.2, 0.25) is 0 Å². The van der Waals surface area contributed by atoms with Crippen molar-refractivity contribution >= 4 is 27.5 Å². The molecule has 7 heteroatoms. The summed E-state index contributed by atoms with van der Waals surface area (Å²) in [6.45, 7) is 1.90. The van der Waals surface area contributed by atoms with Crippen molar-refractivity contribution in [3.05, 3.63) is 33.8 Å². The first-order valence-electron chi connectivity index (χ1n) is 6.30. The Hall–Kier alpha value is -0.920. The molecule has 1 aliphatic rings. The Bertz CT molecular complexity index is 515. The number of rotatable bonds is 3. The van der Waals surface area contributed by atoms with Gasteiger partial charge in [0.1, 0.15) is 5.82 Å². The Balaban J connectivity index is 1.78. The van der Waals surface area contributed by atoms with Gasteiger partial charge in [-0.25, -0.2) is 9.97 Å². The van der Waals surface area contributed by atoms with Crippen molar-refractivity contribution in [1.29, 1.82) is 0 Å². The van der Waals surface area contributed by atoms with Gasteiger partial charge in [-0.3, -0.25) is 4.90 Å². The van der Waals surface area contributed by atoms with Crippen LogP contribution in [0.25, 0.3) is 0 Å². The summed E-state index contributed by atoms with van der Waals surface area (Å²) in [7, 11) is 0. The zero-order chi connectivity index (χ0) is 13.1. The van der Waals surface area contributed by atoms with Crippen molar-refractivity contribution in [2.45, 2.75) is 31.8 Å². The molecule has 1 atom stereocenters. The van der Waals surface area contributed by atoms with Crippen LogP contribution in [0.4, 0.5) is 0 Å². The summed E-state index contributed by atoms with van der Waals surface area (Å²) in [6.07, 6.45) is 7.21. The third kappa shape index (κ3) is 3.16. The van der Waals surface area contributed by atoms with E-state index >= 15 is 0 Å². The fraction of sp³-hybridized carbons (Fsp3) is 0.500. The molecule has 0 bridgehead atoms. The highest BCUT2D eigenvalue weighted by Crippen LogP contribution is 2.30. The van der Waals surface area contributed by atoms with Gasteiger partial charge in [0.2, 0.25) is 0 Å². The standard InChI is InChI=1S/C12H14BrN5S/c13-9-5-14-12(15-6-9)11-3-1-2-4-18(11)7-10-8-19-17-16-10/h5-6,8,11H,1-4,7H2. The van der Waals surface area contributed by atoms with E-state index in [0.717, 1.165) is 35.5 Å². The van der Waals surface area contributed by atoms with Gasteiger partial charge < -0.3 is 0 Å². The normalized spacial score (nSPS) is 20.6. The average molecular weight is 340 g/mol. The number of halogens is 1.